The molecule has 0 aliphatic heterocycles. The lowest BCUT2D eigenvalue weighted by atomic mass is 10.1. The third-order valence-corrected chi connectivity index (χ3v) is 4.86. The third-order valence-electron chi connectivity index (χ3n) is 4.86. The molecule has 0 saturated heterocycles. The summed E-state index contributed by atoms with van der Waals surface area (Å²) in [5.74, 6) is -0.986. The van der Waals surface area contributed by atoms with Gasteiger partial charge in [0.1, 0.15) is 11.9 Å². The molecule has 1 fully saturated rings. The van der Waals surface area contributed by atoms with Crippen molar-refractivity contribution >= 4 is 22.7 Å². The Morgan fingerprint density at radius 1 is 1.11 bits per heavy atom. The number of fused-ring (bicyclic) bond motifs is 1. The number of nitrogens with one attached hydrogen (secondary N) is 3. The summed E-state index contributed by atoms with van der Waals surface area (Å²) in [7, 11) is 1.87. The second-order valence-electron chi connectivity index (χ2n) is 7.04. The summed E-state index contributed by atoms with van der Waals surface area (Å²) in [4.78, 5) is 25.4. The molecule has 2 amide bonds. The molecule has 1 unspecified atom stereocenters. The van der Waals surface area contributed by atoms with Crippen LogP contribution in [0.25, 0.3) is 10.9 Å². The molecule has 1 aliphatic carbocycles. The Kier molecular flexibility index (Phi) is 4.83. The monoisotopic (exact) mass is 380 g/mol. The summed E-state index contributed by atoms with van der Waals surface area (Å²) in [5.41, 5.74) is 7.46. The van der Waals surface area contributed by atoms with E-state index in [1.165, 1.54) is 24.3 Å². The van der Waals surface area contributed by atoms with Crippen LogP contribution in [0.15, 0.2) is 54.7 Å². The first-order valence-corrected chi connectivity index (χ1v) is 9.18. The molecule has 0 radical (unpaired) electrons. The highest BCUT2D eigenvalue weighted by molar-refractivity contribution is 6.06. The fourth-order valence-corrected chi connectivity index (χ4v) is 3.20. The molecule has 4 rings (SSSR count). The molecule has 3 aromatic rings. The molecule has 1 saturated carbocycles. The predicted molar refractivity (Wildman–Crippen MR) is 104 cm³/mol. The number of para-hydroxylation sites is 1. The molecule has 0 bridgehead atoms. The minimum Gasteiger partial charge on any atom is -0.352 e. The van der Waals surface area contributed by atoms with Crippen LogP contribution >= 0.6 is 0 Å². The number of carbonyl (C=O) groups excluding carboxylic acids is 2. The minimum atomic E-state index is -0.819. The summed E-state index contributed by atoms with van der Waals surface area (Å²) < 4.78 is 15.1. The maximum Gasteiger partial charge on any atom is 0.267 e. The Hall–Kier alpha value is -3.19. The van der Waals surface area contributed by atoms with Crippen LogP contribution in [0.5, 0.6) is 0 Å². The highest BCUT2D eigenvalue weighted by atomic mass is 19.1. The lowest BCUT2D eigenvalue weighted by Gasteiger charge is -2.19. The van der Waals surface area contributed by atoms with Crippen LogP contribution in [0.3, 0.4) is 0 Å². The lowest BCUT2D eigenvalue weighted by molar-refractivity contribution is -0.123. The zero-order chi connectivity index (χ0) is 19.7. The van der Waals surface area contributed by atoms with E-state index >= 15 is 0 Å². The SMILES string of the molecule is Cn1cc(C(=O)NNC(C(=O)NC2CC2)c2ccc(F)cc2)c2ccccc21. The fourth-order valence-electron chi connectivity index (χ4n) is 3.20. The van der Waals surface area contributed by atoms with Gasteiger partial charge in [-0.3, -0.25) is 15.0 Å². The van der Waals surface area contributed by atoms with Gasteiger partial charge < -0.3 is 9.88 Å². The van der Waals surface area contributed by atoms with Gasteiger partial charge in [-0.25, -0.2) is 9.82 Å². The Bertz CT molecular complexity index is 1020. The molecule has 144 valence electrons. The van der Waals surface area contributed by atoms with E-state index in [1.54, 1.807) is 6.20 Å². The Morgan fingerprint density at radius 2 is 1.82 bits per heavy atom. The van der Waals surface area contributed by atoms with Crippen molar-refractivity contribution in [1.29, 1.82) is 0 Å². The average molecular weight is 380 g/mol. The van der Waals surface area contributed by atoms with Gasteiger partial charge in [0, 0.05) is 30.2 Å². The van der Waals surface area contributed by atoms with Crippen LogP contribution in [-0.4, -0.2) is 22.4 Å². The van der Waals surface area contributed by atoms with Gasteiger partial charge in [-0.15, -0.1) is 0 Å². The van der Waals surface area contributed by atoms with Crippen molar-refractivity contribution in [2.75, 3.05) is 0 Å². The van der Waals surface area contributed by atoms with Gasteiger partial charge >= 0.3 is 0 Å². The normalized spacial score (nSPS) is 14.6. The zero-order valence-corrected chi connectivity index (χ0v) is 15.4. The second-order valence-corrected chi connectivity index (χ2v) is 7.04. The molecule has 2 aromatic carbocycles. The van der Waals surface area contributed by atoms with Crippen molar-refractivity contribution in [2.45, 2.75) is 24.9 Å². The minimum absolute atomic E-state index is 0.172. The molecule has 7 heteroatoms. The van der Waals surface area contributed by atoms with E-state index < -0.39 is 6.04 Å². The molecular formula is C21H21FN4O2. The topological polar surface area (TPSA) is 75.2 Å². The van der Waals surface area contributed by atoms with E-state index in [-0.39, 0.29) is 23.7 Å². The molecule has 3 N–H and O–H groups in total. The van der Waals surface area contributed by atoms with Gasteiger partial charge in [-0.05, 0) is 36.6 Å². The molecule has 1 aliphatic rings. The summed E-state index contributed by atoms with van der Waals surface area (Å²) in [5, 5.41) is 3.74. The Labute approximate surface area is 161 Å². The van der Waals surface area contributed by atoms with E-state index in [9.17, 15) is 14.0 Å². The van der Waals surface area contributed by atoms with Crippen molar-refractivity contribution < 1.29 is 14.0 Å². The number of benzene rings is 2. The number of hydrogen-bond donors (Lipinski definition) is 3. The molecular weight excluding hydrogens is 359 g/mol. The number of halogens is 1. The van der Waals surface area contributed by atoms with E-state index in [4.69, 9.17) is 0 Å². The van der Waals surface area contributed by atoms with Crippen molar-refractivity contribution in [3.8, 4) is 0 Å². The van der Waals surface area contributed by atoms with Crippen LogP contribution in [0.2, 0.25) is 0 Å². The van der Waals surface area contributed by atoms with Crippen LogP contribution in [-0.2, 0) is 11.8 Å². The maximum atomic E-state index is 13.3. The summed E-state index contributed by atoms with van der Waals surface area (Å²) >= 11 is 0. The van der Waals surface area contributed by atoms with E-state index in [1.807, 2.05) is 35.9 Å². The number of carbonyl (C=O) groups is 2. The first-order valence-electron chi connectivity index (χ1n) is 9.18. The maximum absolute atomic E-state index is 13.3. The van der Waals surface area contributed by atoms with Crippen LogP contribution in [0.1, 0.15) is 34.8 Å². The van der Waals surface area contributed by atoms with Gasteiger partial charge in [0.2, 0.25) is 5.91 Å². The second kappa shape index (κ2) is 7.44. The molecule has 0 spiro atoms. The lowest BCUT2D eigenvalue weighted by Crippen LogP contribution is -2.46. The summed E-state index contributed by atoms with van der Waals surface area (Å²) in [6, 6.07) is 12.6. The number of hydrazine groups is 1. The third kappa shape index (κ3) is 3.75. The largest absolute Gasteiger partial charge is 0.352 e. The highest BCUT2D eigenvalue weighted by Crippen LogP contribution is 2.22. The van der Waals surface area contributed by atoms with E-state index in [2.05, 4.69) is 16.2 Å². The van der Waals surface area contributed by atoms with Crippen molar-refractivity contribution in [1.82, 2.24) is 20.7 Å². The van der Waals surface area contributed by atoms with Crippen LogP contribution in [0, 0.1) is 5.82 Å². The highest BCUT2D eigenvalue weighted by Gasteiger charge is 2.29. The summed E-state index contributed by atoms with van der Waals surface area (Å²) in [6.07, 6.45) is 3.65. The quantitative estimate of drug-likeness (QED) is 0.576. The van der Waals surface area contributed by atoms with Crippen LogP contribution < -0.4 is 16.2 Å². The van der Waals surface area contributed by atoms with Crippen molar-refractivity contribution in [3.63, 3.8) is 0 Å². The average Bonchev–Trinajstić information content (AvgIpc) is 3.44. The zero-order valence-electron chi connectivity index (χ0n) is 15.4. The Balaban J connectivity index is 1.53. The first-order chi connectivity index (χ1) is 13.5. The van der Waals surface area contributed by atoms with Gasteiger partial charge in [0.25, 0.3) is 5.91 Å². The molecule has 6 nitrogen and oxygen atoms in total. The van der Waals surface area contributed by atoms with E-state index in [0.29, 0.717) is 11.1 Å². The van der Waals surface area contributed by atoms with Gasteiger partial charge in [0.15, 0.2) is 0 Å². The number of hydrogen-bond acceptors (Lipinski definition) is 3. The molecule has 1 aromatic heterocycles. The smallest absolute Gasteiger partial charge is 0.267 e. The van der Waals surface area contributed by atoms with Gasteiger partial charge in [-0.2, -0.15) is 0 Å². The number of aryl methyl sites for hydroxylation is 1. The number of nitrogens with zero attached hydrogens (tertiary/aromatic N) is 1. The number of rotatable bonds is 6. The van der Waals surface area contributed by atoms with Crippen LogP contribution in [0.4, 0.5) is 4.39 Å². The number of amides is 2. The first kappa shape index (κ1) is 18.2. The predicted octanol–water partition coefficient (Wildman–Crippen LogP) is 2.57. The molecule has 1 heterocycles. The summed E-state index contributed by atoms with van der Waals surface area (Å²) in [6.45, 7) is 0. The molecule has 28 heavy (non-hydrogen) atoms. The Morgan fingerprint density at radius 3 is 2.54 bits per heavy atom. The van der Waals surface area contributed by atoms with E-state index in [0.717, 1.165) is 23.7 Å². The van der Waals surface area contributed by atoms with Gasteiger partial charge in [-0.1, -0.05) is 30.3 Å². The standard InChI is InChI=1S/C21H21FN4O2/c1-26-12-17(16-4-2-3-5-18(16)26)20(27)25-24-19(21(28)23-15-10-11-15)13-6-8-14(22)9-7-13/h2-9,12,15,19,24H,10-11H2,1H3,(H,23,28)(H,25,27). The molecule has 1 atom stereocenters. The van der Waals surface area contributed by atoms with Crippen molar-refractivity contribution in [2.24, 2.45) is 7.05 Å². The fraction of sp³-hybridized carbons (Fsp3) is 0.238. The van der Waals surface area contributed by atoms with Gasteiger partial charge in [0.05, 0.1) is 5.56 Å². The van der Waals surface area contributed by atoms with Crippen molar-refractivity contribution in [3.05, 3.63) is 71.7 Å². The number of aromatic nitrogens is 1.